The smallest absolute Gasteiger partial charge is 0.497 e. The van der Waals surface area contributed by atoms with Gasteiger partial charge in [-0.15, -0.1) is 0 Å². The highest BCUT2D eigenvalue weighted by Gasteiger charge is 2.05. The number of methoxy groups -OCH3 is 1. The van der Waals surface area contributed by atoms with E-state index in [1.54, 1.807) is 25.3 Å². The molecule has 0 spiro atoms. The van der Waals surface area contributed by atoms with Gasteiger partial charge < -0.3 is 19.6 Å². The van der Waals surface area contributed by atoms with Crippen LogP contribution in [-0.2, 0) is 0 Å². The van der Waals surface area contributed by atoms with Crippen LogP contribution < -0.4 is 9.47 Å². The Bertz CT molecular complexity index is 503. The van der Waals surface area contributed by atoms with Gasteiger partial charge in [-0.2, -0.15) is 0 Å². The van der Waals surface area contributed by atoms with Crippen molar-refractivity contribution in [1.82, 2.24) is 4.98 Å². The van der Waals surface area contributed by atoms with Crippen LogP contribution in [0.1, 0.15) is 0 Å². The second kappa shape index (κ2) is 3.53. The Hall–Kier alpha value is -2.17. The largest absolute Gasteiger partial charge is 0.512 e. The zero-order chi connectivity index (χ0) is 10.8. The summed E-state index contributed by atoms with van der Waals surface area (Å²) in [7, 11) is 1.57. The number of hydrogen-bond acceptors (Lipinski definition) is 3. The lowest BCUT2D eigenvalue weighted by Crippen LogP contribution is -2.02. The predicted octanol–water partition coefficient (Wildman–Crippen LogP) is 2.23. The van der Waals surface area contributed by atoms with Gasteiger partial charge in [-0.3, -0.25) is 0 Å². The highest BCUT2D eigenvalue weighted by Crippen LogP contribution is 2.24. The minimum atomic E-state index is -1.34. The molecule has 0 aliphatic heterocycles. The van der Waals surface area contributed by atoms with Crippen LogP contribution in [-0.4, -0.2) is 23.4 Å². The molecule has 1 aromatic heterocycles. The summed E-state index contributed by atoms with van der Waals surface area (Å²) >= 11 is 0. The van der Waals surface area contributed by atoms with Crippen LogP contribution in [0.2, 0.25) is 0 Å². The van der Waals surface area contributed by atoms with Crippen molar-refractivity contribution in [2.45, 2.75) is 0 Å². The van der Waals surface area contributed by atoms with Crippen LogP contribution in [0.5, 0.6) is 11.6 Å². The van der Waals surface area contributed by atoms with Crippen LogP contribution in [0.4, 0.5) is 4.79 Å². The average Bonchev–Trinajstić information content (AvgIpc) is 2.57. The second-order valence-corrected chi connectivity index (χ2v) is 2.95. The molecule has 0 atom stereocenters. The molecule has 1 aromatic carbocycles. The van der Waals surface area contributed by atoms with E-state index < -0.39 is 6.16 Å². The summed E-state index contributed by atoms with van der Waals surface area (Å²) in [4.78, 5) is 13.1. The third-order valence-corrected chi connectivity index (χ3v) is 2.00. The topological polar surface area (TPSA) is 71.6 Å². The number of ether oxygens (including phenoxy) is 2. The van der Waals surface area contributed by atoms with E-state index in [0.717, 1.165) is 10.9 Å². The first-order valence-corrected chi connectivity index (χ1v) is 4.26. The number of benzene rings is 1. The van der Waals surface area contributed by atoms with Crippen molar-refractivity contribution in [2.75, 3.05) is 7.11 Å². The Morgan fingerprint density at radius 2 is 2.20 bits per heavy atom. The number of aromatic amines is 1. The summed E-state index contributed by atoms with van der Waals surface area (Å²) in [5.41, 5.74) is 0.769. The van der Waals surface area contributed by atoms with Gasteiger partial charge in [0.2, 0.25) is 5.88 Å². The highest BCUT2D eigenvalue weighted by atomic mass is 16.7. The van der Waals surface area contributed by atoms with Crippen molar-refractivity contribution >= 4 is 17.1 Å². The minimum Gasteiger partial charge on any atom is -0.497 e. The van der Waals surface area contributed by atoms with Crippen LogP contribution in [0.25, 0.3) is 10.9 Å². The third kappa shape index (κ3) is 1.85. The maximum Gasteiger partial charge on any atom is 0.512 e. The summed E-state index contributed by atoms with van der Waals surface area (Å²) in [5.74, 6) is 0.900. The molecule has 0 fully saturated rings. The maximum absolute atomic E-state index is 10.3. The molecule has 0 saturated heterocycles. The van der Waals surface area contributed by atoms with E-state index in [4.69, 9.17) is 9.84 Å². The Morgan fingerprint density at radius 1 is 1.40 bits per heavy atom. The van der Waals surface area contributed by atoms with E-state index in [9.17, 15) is 4.79 Å². The van der Waals surface area contributed by atoms with Gasteiger partial charge in [-0.1, -0.05) is 0 Å². The predicted molar refractivity (Wildman–Crippen MR) is 53.5 cm³/mol. The number of H-pyrrole nitrogens is 1. The molecule has 0 bridgehead atoms. The Labute approximate surface area is 85.2 Å². The lowest BCUT2D eigenvalue weighted by atomic mass is 10.2. The van der Waals surface area contributed by atoms with Crippen molar-refractivity contribution in [3.05, 3.63) is 24.3 Å². The SMILES string of the molecule is COc1ccc2cc(OC(=O)O)[nH]c2c1. The van der Waals surface area contributed by atoms with Gasteiger partial charge in [0.05, 0.1) is 12.6 Å². The lowest BCUT2D eigenvalue weighted by Gasteiger charge is -1.97. The first-order valence-electron chi connectivity index (χ1n) is 4.26. The van der Waals surface area contributed by atoms with Crippen molar-refractivity contribution in [1.29, 1.82) is 0 Å². The van der Waals surface area contributed by atoms with Gasteiger partial charge >= 0.3 is 6.16 Å². The number of nitrogens with one attached hydrogen (secondary N) is 1. The summed E-state index contributed by atoms with van der Waals surface area (Å²) < 4.78 is 9.53. The third-order valence-electron chi connectivity index (χ3n) is 2.00. The first-order chi connectivity index (χ1) is 7.19. The zero-order valence-corrected chi connectivity index (χ0v) is 7.98. The summed E-state index contributed by atoms with van der Waals surface area (Å²) in [6, 6.07) is 6.99. The van der Waals surface area contributed by atoms with E-state index in [-0.39, 0.29) is 5.88 Å². The van der Waals surface area contributed by atoms with Crippen LogP contribution in [0, 0.1) is 0 Å². The number of aromatic nitrogens is 1. The molecule has 0 saturated carbocycles. The molecule has 0 aliphatic carbocycles. The highest BCUT2D eigenvalue weighted by molar-refractivity contribution is 5.83. The molecule has 2 rings (SSSR count). The summed E-state index contributed by atoms with van der Waals surface area (Å²) in [5, 5.41) is 9.29. The molecule has 2 aromatic rings. The molecule has 0 unspecified atom stereocenters. The van der Waals surface area contributed by atoms with Crippen LogP contribution in [0.15, 0.2) is 24.3 Å². The van der Waals surface area contributed by atoms with Crippen LogP contribution >= 0.6 is 0 Å². The molecule has 5 heteroatoms. The molecule has 0 aliphatic rings. The molecule has 1 heterocycles. The van der Waals surface area contributed by atoms with Gasteiger partial charge in [0, 0.05) is 17.5 Å². The first kappa shape index (κ1) is 9.39. The molecule has 5 nitrogen and oxygen atoms in total. The zero-order valence-electron chi connectivity index (χ0n) is 7.98. The Morgan fingerprint density at radius 3 is 2.87 bits per heavy atom. The quantitative estimate of drug-likeness (QED) is 0.740. The van der Waals surface area contributed by atoms with Crippen molar-refractivity contribution in [2.24, 2.45) is 0 Å². The van der Waals surface area contributed by atoms with Crippen molar-refractivity contribution in [3.63, 3.8) is 0 Å². The van der Waals surface area contributed by atoms with Crippen molar-refractivity contribution < 1.29 is 19.4 Å². The molecule has 0 radical (unpaired) electrons. The van der Waals surface area contributed by atoms with Crippen molar-refractivity contribution in [3.8, 4) is 11.6 Å². The standard InChI is InChI=1S/C10H9NO4/c1-14-7-3-2-6-4-9(15-10(12)13)11-8(6)5-7/h2-5,11H,1H3,(H,12,13). The average molecular weight is 207 g/mol. The number of carbonyl (C=O) groups is 1. The molecule has 0 amide bonds. The fourth-order valence-corrected chi connectivity index (χ4v) is 1.36. The van der Waals surface area contributed by atoms with Gasteiger partial charge in [0.15, 0.2) is 0 Å². The normalized spacial score (nSPS) is 10.2. The lowest BCUT2D eigenvalue weighted by molar-refractivity contribution is 0.143. The Kier molecular flexibility index (Phi) is 2.21. The van der Waals surface area contributed by atoms with E-state index in [2.05, 4.69) is 9.72 Å². The maximum atomic E-state index is 10.3. The van der Waals surface area contributed by atoms with Gasteiger partial charge in [0.1, 0.15) is 5.75 Å². The van der Waals surface area contributed by atoms with E-state index in [1.165, 1.54) is 0 Å². The summed E-state index contributed by atoms with van der Waals surface area (Å²) in [6.07, 6.45) is -1.34. The number of carboxylic acid groups (broad SMARTS) is 1. The van der Waals surface area contributed by atoms with Gasteiger partial charge in [-0.05, 0) is 12.1 Å². The fraction of sp³-hybridized carbons (Fsp3) is 0.100. The van der Waals surface area contributed by atoms with E-state index >= 15 is 0 Å². The van der Waals surface area contributed by atoms with Crippen LogP contribution in [0.3, 0.4) is 0 Å². The van der Waals surface area contributed by atoms with Gasteiger partial charge in [-0.25, -0.2) is 4.79 Å². The molecule has 78 valence electrons. The minimum absolute atomic E-state index is 0.200. The summed E-state index contributed by atoms with van der Waals surface area (Å²) in [6.45, 7) is 0. The monoisotopic (exact) mass is 207 g/mol. The number of rotatable bonds is 2. The fourth-order valence-electron chi connectivity index (χ4n) is 1.36. The molecule has 2 N–H and O–H groups in total. The number of hydrogen-bond donors (Lipinski definition) is 2. The molecule has 15 heavy (non-hydrogen) atoms. The second-order valence-electron chi connectivity index (χ2n) is 2.95. The van der Waals surface area contributed by atoms with Gasteiger partial charge in [0.25, 0.3) is 0 Å². The van der Waals surface area contributed by atoms with E-state index in [1.807, 2.05) is 6.07 Å². The van der Waals surface area contributed by atoms with E-state index in [0.29, 0.717) is 5.75 Å². The Balaban J connectivity index is 2.42. The number of fused-ring (bicyclic) bond motifs is 1. The molecular formula is C10H9NO4. The molecular weight excluding hydrogens is 198 g/mol.